The van der Waals surface area contributed by atoms with Gasteiger partial charge < -0.3 is 38.5 Å². The molecule has 1 aliphatic rings. The lowest BCUT2D eigenvalue weighted by atomic mass is 9.98. The highest BCUT2D eigenvalue weighted by Gasteiger charge is 2.53. The maximum absolute atomic E-state index is 13.7. The molecule has 368 valence electrons. The van der Waals surface area contributed by atoms with Crippen LogP contribution in [0.4, 0.5) is 0 Å². The van der Waals surface area contributed by atoms with E-state index in [1.807, 2.05) is 6.08 Å². The zero-order valence-corrected chi connectivity index (χ0v) is 40.4. The summed E-state index contributed by atoms with van der Waals surface area (Å²) < 4.78 is 40.6. The van der Waals surface area contributed by atoms with E-state index in [1.54, 1.807) is 36.4 Å². The van der Waals surface area contributed by atoms with Gasteiger partial charge in [-0.1, -0.05) is 154 Å². The lowest BCUT2D eigenvalue weighted by Crippen LogP contribution is -2.63. The number of rotatable bonds is 35. The van der Waals surface area contributed by atoms with E-state index in [0.29, 0.717) is 12.0 Å². The van der Waals surface area contributed by atoms with Crippen LogP contribution in [0.2, 0.25) is 0 Å². The van der Waals surface area contributed by atoms with Crippen LogP contribution in [-0.2, 0) is 57.1 Å². The Labute approximate surface area is 388 Å². The maximum Gasteiger partial charge on any atom is 0.338 e. The number of amides is 1. The van der Waals surface area contributed by atoms with E-state index >= 15 is 0 Å². The summed E-state index contributed by atoms with van der Waals surface area (Å²) in [6.07, 6.45) is 19.7. The Kier molecular flexibility index (Phi) is 30.6. The Bertz CT molecular complexity index is 1530. The van der Waals surface area contributed by atoms with E-state index in [0.717, 1.165) is 65.7 Å². The van der Waals surface area contributed by atoms with Crippen molar-refractivity contribution in [3.8, 4) is 0 Å². The molecule has 1 aromatic carbocycles. The molecule has 65 heavy (non-hydrogen) atoms. The molecule has 0 radical (unpaired) electrons. The van der Waals surface area contributed by atoms with Crippen LogP contribution in [0.5, 0.6) is 0 Å². The Balaban J connectivity index is 2.38. The van der Waals surface area contributed by atoms with Crippen molar-refractivity contribution < 1.29 is 61.9 Å². The van der Waals surface area contributed by atoms with Crippen molar-refractivity contribution in [3.05, 3.63) is 48.0 Å². The molecule has 0 bridgehead atoms. The molecule has 14 nitrogen and oxygen atoms in total. The Morgan fingerprint density at radius 1 is 0.615 bits per heavy atom. The summed E-state index contributed by atoms with van der Waals surface area (Å²) in [7, 11) is 0. The lowest BCUT2D eigenvalue weighted by Gasteiger charge is -2.44. The summed E-state index contributed by atoms with van der Waals surface area (Å²) in [6.45, 7) is 8.26. The molecule has 1 aromatic rings. The van der Waals surface area contributed by atoms with Crippen molar-refractivity contribution in [2.45, 2.75) is 226 Å². The summed E-state index contributed by atoms with van der Waals surface area (Å²) >= 11 is 0. The quantitative estimate of drug-likeness (QED) is 0.0295. The largest absolute Gasteiger partial charge is 0.463 e. The van der Waals surface area contributed by atoms with Gasteiger partial charge in [0.15, 0.2) is 24.6 Å². The zero-order valence-electron chi connectivity index (χ0n) is 40.4. The zero-order chi connectivity index (χ0) is 47.7. The van der Waals surface area contributed by atoms with Crippen LogP contribution in [0.3, 0.4) is 0 Å². The summed E-state index contributed by atoms with van der Waals surface area (Å²) in [5.41, 5.74) is 0.316. The molecule has 1 heterocycles. The van der Waals surface area contributed by atoms with Gasteiger partial charge in [-0.25, -0.2) is 4.79 Å². The van der Waals surface area contributed by atoms with Gasteiger partial charge in [0, 0.05) is 34.1 Å². The SMILES string of the molecule is CCCCCCCCCCCCC/C=C/[C@@H](OC(=O)c1ccccc1)[C@H](CO[C@@H]1O[C@H](COC(C)=O)[C@@H](OC(C)=O)[C@H](OC(C)=O)[C@H]1OC(C)=O)NC(=O)CCCCCCCCCCC. The van der Waals surface area contributed by atoms with Crippen LogP contribution < -0.4 is 5.32 Å². The summed E-state index contributed by atoms with van der Waals surface area (Å²) in [5.74, 6) is -3.87. The monoisotopic (exact) mass is 916 g/mol. The number of carbonyl (C=O) groups is 6. The minimum absolute atomic E-state index is 0.229. The highest BCUT2D eigenvalue weighted by Crippen LogP contribution is 2.30. The maximum atomic E-state index is 13.7. The van der Waals surface area contributed by atoms with Crippen molar-refractivity contribution >= 4 is 35.8 Å². The van der Waals surface area contributed by atoms with Gasteiger partial charge in [-0.2, -0.15) is 0 Å². The van der Waals surface area contributed by atoms with Crippen LogP contribution in [-0.4, -0.2) is 91.8 Å². The number of hydrogen-bond acceptors (Lipinski definition) is 13. The van der Waals surface area contributed by atoms with Crippen LogP contribution in [0.1, 0.15) is 193 Å². The number of nitrogens with one attached hydrogen (secondary N) is 1. The number of hydrogen-bond donors (Lipinski definition) is 1. The van der Waals surface area contributed by atoms with Crippen molar-refractivity contribution in [2.24, 2.45) is 0 Å². The second-order valence-corrected chi connectivity index (χ2v) is 17.1. The number of ether oxygens (including phenoxy) is 7. The van der Waals surface area contributed by atoms with E-state index < -0.39 is 79.3 Å². The number of unbranched alkanes of at least 4 members (excludes halogenated alkanes) is 19. The fourth-order valence-corrected chi connectivity index (χ4v) is 7.79. The molecule has 1 saturated heterocycles. The number of carbonyl (C=O) groups excluding carboxylic acids is 6. The first-order valence-electron chi connectivity index (χ1n) is 24.5. The molecule has 0 aromatic heterocycles. The molecule has 0 unspecified atom stereocenters. The topological polar surface area (TPSA) is 179 Å². The Hall–Kier alpha value is -4.30. The van der Waals surface area contributed by atoms with Crippen LogP contribution in [0.15, 0.2) is 42.5 Å². The first-order valence-corrected chi connectivity index (χ1v) is 24.5. The fraction of sp³-hybridized carbons (Fsp3) is 0.725. The lowest BCUT2D eigenvalue weighted by molar-refractivity contribution is -0.309. The van der Waals surface area contributed by atoms with Gasteiger partial charge in [-0.3, -0.25) is 24.0 Å². The van der Waals surface area contributed by atoms with Crippen molar-refractivity contribution in [3.63, 3.8) is 0 Å². The van der Waals surface area contributed by atoms with E-state index in [-0.39, 0.29) is 18.9 Å². The molecule has 0 aliphatic carbocycles. The highest BCUT2D eigenvalue weighted by molar-refractivity contribution is 5.89. The molecule has 2 rings (SSSR count). The molecule has 1 fully saturated rings. The summed E-state index contributed by atoms with van der Waals surface area (Å²) in [4.78, 5) is 76.5. The summed E-state index contributed by atoms with van der Waals surface area (Å²) in [6, 6.07) is 7.55. The minimum Gasteiger partial charge on any atom is -0.463 e. The van der Waals surface area contributed by atoms with Crippen molar-refractivity contribution in [2.75, 3.05) is 13.2 Å². The standard InChI is InChI=1S/C51H81NO13/c1-7-9-11-13-15-17-18-19-20-22-23-25-30-34-44(64-50(58)42-32-28-27-29-33-42)43(52-46(57)35-31-26-24-21-16-14-12-10-8-2)36-60-51-49(63-41(6)56)48(62-40(5)55)47(61-39(4)54)45(65-51)37-59-38(3)53/h27-30,32-34,43-45,47-49,51H,7-26,31,35-37H2,1-6H3,(H,52,57)/b34-30+/t43-,44+,45+,47+,48-,49+,51+/m0/s1. The molecular formula is C51H81NO13. The third kappa shape index (κ3) is 25.8. The van der Waals surface area contributed by atoms with E-state index in [9.17, 15) is 28.8 Å². The summed E-state index contributed by atoms with van der Waals surface area (Å²) in [5, 5.41) is 3.04. The second-order valence-electron chi connectivity index (χ2n) is 17.1. The van der Waals surface area contributed by atoms with Gasteiger partial charge >= 0.3 is 29.8 Å². The van der Waals surface area contributed by atoms with Crippen LogP contribution >= 0.6 is 0 Å². The normalized spacial score (nSPS) is 19.2. The highest BCUT2D eigenvalue weighted by atomic mass is 16.7. The predicted molar refractivity (Wildman–Crippen MR) is 248 cm³/mol. The molecule has 1 aliphatic heterocycles. The first kappa shape index (κ1) is 56.8. The average molecular weight is 916 g/mol. The van der Waals surface area contributed by atoms with Gasteiger partial charge in [0.05, 0.1) is 18.2 Å². The fourth-order valence-electron chi connectivity index (χ4n) is 7.79. The second kappa shape index (κ2) is 35.0. The van der Waals surface area contributed by atoms with Gasteiger partial charge in [0.25, 0.3) is 0 Å². The molecule has 1 amide bonds. The molecular weight excluding hydrogens is 835 g/mol. The Morgan fingerprint density at radius 3 is 1.63 bits per heavy atom. The average Bonchev–Trinajstić information content (AvgIpc) is 3.26. The first-order chi connectivity index (χ1) is 31.4. The van der Waals surface area contributed by atoms with Crippen molar-refractivity contribution in [1.29, 1.82) is 0 Å². The van der Waals surface area contributed by atoms with Gasteiger partial charge in [-0.05, 0) is 37.5 Å². The number of benzene rings is 1. The van der Waals surface area contributed by atoms with Gasteiger partial charge in [0.2, 0.25) is 5.91 Å². The minimum atomic E-state index is -1.50. The van der Waals surface area contributed by atoms with Gasteiger partial charge in [0.1, 0.15) is 18.8 Å². The van der Waals surface area contributed by atoms with Gasteiger partial charge in [-0.15, -0.1) is 0 Å². The Morgan fingerprint density at radius 2 is 1.11 bits per heavy atom. The third-order valence-electron chi connectivity index (χ3n) is 11.2. The molecule has 14 heteroatoms. The smallest absolute Gasteiger partial charge is 0.338 e. The molecule has 0 spiro atoms. The molecule has 7 atom stereocenters. The number of esters is 5. The number of allylic oxidation sites excluding steroid dienone is 1. The van der Waals surface area contributed by atoms with E-state index in [2.05, 4.69) is 19.2 Å². The molecule has 0 saturated carbocycles. The van der Waals surface area contributed by atoms with E-state index in [1.165, 1.54) is 90.4 Å². The van der Waals surface area contributed by atoms with E-state index in [4.69, 9.17) is 33.2 Å². The van der Waals surface area contributed by atoms with Crippen LogP contribution in [0, 0.1) is 0 Å². The van der Waals surface area contributed by atoms with Crippen molar-refractivity contribution in [1.82, 2.24) is 5.32 Å². The van der Waals surface area contributed by atoms with Crippen LogP contribution in [0.25, 0.3) is 0 Å². The predicted octanol–water partition coefficient (Wildman–Crippen LogP) is 9.97. The molecule has 1 N–H and O–H groups in total. The third-order valence-corrected chi connectivity index (χ3v) is 11.2.